The van der Waals surface area contributed by atoms with Crippen molar-refractivity contribution < 1.29 is 19.1 Å². The van der Waals surface area contributed by atoms with Crippen LogP contribution in [0, 0.1) is 11.2 Å². The Hall–Kier alpha value is -3.23. The third-order valence-electron chi connectivity index (χ3n) is 8.26. The molecule has 186 valence electrons. The molecule has 3 aliphatic rings. The first-order chi connectivity index (χ1) is 16.5. The topological polar surface area (TPSA) is 107 Å². The van der Waals surface area contributed by atoms with Crippen LogP contribution in [0.2, 0.25) is 0 Å². The average Bonchev–Trinajstić information content (AvgIpc) is 3.40. The fraction of sp³-hybridized carbons (Fsp3) is 0.538. The maximum atomic E-state index is 14.9. The molecule has 2 fully saturated rings. The molecular formula is C26H31FN4O4. The quantitative estimate of drug-likeness (QED) is 0.698. The van der Waals surface area contributed by atoms with Gasteiger partial charge < -0.3 is 10.0 Å². The minimum absolute atomic E-state index is 0.0146. The number of aromatic amines is 1. The fourth-order valence-electron chi connectivity index (χ4n) is 6.23. The number of aromatic nitrogens is 2. The summed E-state index contributed by atoms with van der Waals surface area (Å²) in [4.78, 5) is 40.7. The third-order valence-corrected chi connectivity index (χ3v) is 8.26. The lowest BCUT2D eigenvalue weighted by molar-refractivity contribution is 0.00406. The number of carbonyl (C=O) groups excluding carboxylic acids is 1. The monoisotopic (exact) mass is 482 g/mol. The number of hydrogen-bond donors (Lipinski definition) is 2. The van der Waals surface area contributed by atoms with Crippen LogP contribution in [0.5, 0.6) is 0 Å². The lowest BCUT2D eigenvalue weighted by Gasteiger charge is -2.48. The highest BCUT2D eigenvalue weighted by Gasteiger charge is 2.62. The van der Waals surface area contributed by atoms with Crippen molar-refractivity contribution in [3.63, 3.8) is 0 Å². The van der Waals surface area contributed by atoms with Crippen LogP contribution in [0.25, 0.3) is 0 Å². The van der Waals surface area contributed by atoms with Crippen molar-refractivity contribution in [1.82, 2.24) is 20.0 Å². The molecule has 1 aromatic heterocycles. The van der Waals surface area contributed by atoms with Gasteiger partial charge in [0.25, 0.3) is 11.5 Å². The number of fused-ring (bicyclic) bond motifs is 3. The van der Waals surface area contributed by atoms with Gasteiger partial charge in [0.2, 0.25) is 0 Å². The number of likely N-dealkylation sites (tertiary alicyclic amines) is 2. The summed E-state index contributed by atoms with van der Waals surface area (Å²) in [6.07, 6.45) is 3.44. The number of benzene rings is 1. The molecule has 35 heavy (non-hydrogen) atoms. The number of rotatable bonds is 3. The predicted octanol–water partition coefficient (Wildman–Crippen LogP) is 3.37. The first-order valence-electron chi connectivity index (χ1n) is 12.2. The van der Waals surface area contributed by atoms with E-state index in [0.29, 0.717) is 12.8 Å². The van der Waals surface area contributed by atoms with Crippen molar-refractivity contribution in [3.8, 4) is 0 Å². The summed E-state index contributed by atoms with van der Waals surface area (Å²) in [5.41, 5.74) is 2.00. The number of piperazine rings is 1. The largest absolute Gasteiger partial charge is 0.465 e. The third kappa shape index (κ3) is 3.72. The normalized spacial score (nSPS) is 23.5. The van der Waals surface area contributed by atoms with Gasteiger partial charge in [0.1, 0.15) is 5.82 Å². The number of halogens is 1. The van der Waals surface area contributed by atoms with Crippen molar-refractivity contribution >= 4 is 12.0 Å². The van der Waals surface area contributed by atoms with Crippen LogP contribution in [0.3, 0.4) is 0 Å². The van der Waals surface area contributed by atoms with Crippen LogP contribution in [-0.2, 0) is 19.3 Å². The van der Waals surface area contributed by atoms with Crippen LogP contribution >= 0.6 is 0 Å². The van der Waals surface area contributed by atoms with Gasteiger partial charge >= 0.3 is 6.09 Å². The molecule has 3 heterocycles. The molecule has 2 aromatic rings. The Balaban J connectivity index is 1.43. The van der Waals surface area contributed by atoms with E-state index >= 15 is 0 Å². The first kappa shape index (κ1) is 23.5. The number of hydrogen-bond acceptors (Lipinski definition) is 4. The van der Waals surface area contributed by atoms with E-state index < -0.39 is 23.4 Å². The zero-order valence-corrected chi connectivity index (χ0v) is 20.4. The minimum atomic E-state index is -0.987. The molecule has 8 nitrogen and oxygen atoms in total. The molecule has 1 aromatic carbocycles. The van der Waals surface area contributed by atoms with E-state index in [0.717, 1.165) is 48.1 Å². The maximum absolute atomic E-state index is 14.9. The lowest BCUT2D eigenvalue weighted by atomic mass is 9.73. The van der Waals surface area contributed by atoms with E-state index in [1.807, 2.05) is 20.8 Å². The summed E-state index contributed by atoms with van der Waals surface area (Å²) in [6.45, 7) is 6.42. The average molecular weight is 483 g/mol. The zero-order valence-electron chi connectivity index (χ0n) is 20.4. The second kappa shape index (κ2) is 8.17. The molecule has 2 amide bonds. The Kier molecular flexibility index (Phi) is 5.49. The Bertz CT molecular complexity index is 1270. The van der Waals surface area contributed by atoms with Gasteiger partial charge in [-0.15, -0.1) is 0 Å². The molecule has 2 bridgehead atoms. The van der Waals surface area contributed by atoms with Crippen LogP contribution in [0.1, 0.15) is 72.8 Å². The Morgan fingerprint density at radius 3 is 2.63 bits per heavy atom. The molecule has 2 aliphatic heterocycles. The van der Waals surface area contributed by atoms with E-state index in [1.165, 1.54) is 11.0 Å². The van der Waals surface area contributed by atoms with Gasteiger partial charge in [-0.2, -0.15) is 5.10 Å². The molecule has 2 atom stereocenters. The second-order valence-electron chi connectivity index (χ2n) is 11.1. The SMILES string of the molecule is CC(C)(C)[C@]12C[C@@H](CN1C(=O)O)N(C(=O)c1cc(Cc3n[nH]c(=O)c4c3CCCC4)ccc1F)C2. The van der Waals surface area contributed by atoms with Crippen LogP contribution in [0.4, 0.5) is 9.18 Å². The van der Waals surface area contributed by atoms with Gasteiger partial charge in [0, 0.05) is 25.1 Å². The van der Waals surface area contributed by atoms with Gasteiger partial charge in [-0.1, -0.05) is 26.8 Å². The molecular weight excluding hydrogens is 451 g/mol. The van der Waals surface area contributed by atoms with Crippen LogP contribution in [-0.4, -0.2) is 61.8 Å². The van der Waals surface area contributed by atoms with E-state index in [2.05, 4.69) is 10.2 Å². The van der Waals surface area contributed by atoms with E-state index in [9.17, 15) is 23.9 Å². The molecule has 2 N–H and O–H groups in total. The van der Waals surface area contributed by atoms with Gasteiger partial charge in [-0.25, -0.2) is 14.3 Å². The second-order valence-corrected chi connectivity index (χ2v) is 11.1. The highest BCUT2D eigenvalue weighted by atomic mass is 19.1. The first-order valence-corrected chi connectivity index (χ1v) is 12.2. The standard InChI is InChI=1S/C26H31FN4O4/c1-25(2,3)26-12-16(13-31(26)24(34)35)30(14-26)23(33)19-10-15(8-9-20(19)27)11-21-17-6-4-5-7-18(17)22(32)29-28-21/h8-10,16H,4-7,11-14H2,1-3H3,(H,29,32)(H,34,35)/t16-,26+/m0/s1. The van der Waals surface area contributed by atoms with Crippen molar-refractivity contribution in [2.75, 3.05) is 13.1 Å². The summed E-state index contributed by atoms with van der Waals surface area (Å²) in [7, 11) is 0. The fourth-order valence-corrected chi connectivity index (χ4v) is 6.23. The van der Waals surface area contributed by atoms with Crippen molar-refractivity contribution in [2.24, 2.45) is 5.41 Å². The van der Waals surface area contributed by atoms with Gasteiger partial charge in [-0.05, 0) is 60.8 Å². The number of carbonyl (C=O) groups is 2. The van der Waals surface area contributed by atoms with Crippen LogP contribution < -0.4 is 5.56 Å². The van der Waals surface area contributed by atoms with E-state index in [4.69, 9.17) is 0 Å². The zero-order chi connectivity index (χ0) is 25.1. The van der Waals surface area contributed by atoms with Gasteiger partial charge in [0.15, 0.2) is 0 Å². The summed E-state index contributed by atoms with van der Waals surface area (Å²) in [5, 5.41) is 16.6. The molecule has 1 aliphatic carbocycles. The molecule has 0 unspecified atom stereocenters. The van der Waals surface area contributed by atoms with Crippen molar-refractivity contribution in [1.29, 1.82) is 0 Å². The van der Waals surface area contributed by atoms with Crippen molar-refractivity contribution in [3.05, 3.63) is 62.3 Å². The number of nitrogens with one attached hydrogen (secondary N) is 1. The number of carboxylic acid groups (broad SMARTS) is 1. The highest BCUT2D eigenvalue weighted by molar-refractivity contribution is 5.95. The summed E-state index contributed by atoms with van der Waals surface area (Å²) in [5.74, 6) is -1.01. The molecule has 0 radical (unpaired) electrons. The molecule has 0 saturated carbocycles. The number of H-pyrrole nitrogens is 1. The Labute approximate surface area is 203 Å². The smallest absolute Gasteiger partial charge is 0.407 e. The predicted molar refractivity (Wildman–Crippen MR) is 127 cm³/mol. The molecule has 0 spiro atoms. The highest BCUT2D eigenvalue weighted by Crippen LogP contribution is 2.50. The summed E-state index contributed by atoms with van der Waals surface area (Å²) >= 11 is 0. The Morgan fingerprint density at radius 2 is 1.94 bits per heavy atom. The summed E-state index contributed by atoms with van der Waals surface area (Å²) in [6, 6.07) is 4.24. The van der Waals surface area contributed by atoms with Crippen molar-refractivity contribution in [2.45, 2.75) is 70.9 Å². The minimum Gasteiger partial charge on any atom is -0.465 e. The van der Waals surface area contributed by atoms with Crippen LogP contribution in [0.15, 0.2) is 23.0 Å². The maximum Gasteiger partial charge on any atom is 0.407 e. The molecule has 2 saturated heterocycles. The summed E-state index contributed by atoms with van der Waals surface area (Å²) < 4.78 is 14.9. The molecule has 5 rings (SSSR count). The van der Waals surface area contributed by atoms with Gasteiger partial charge in [0.05, 0.1) is 22.8 Å². The van der Waals surface area contributed by atoms with E-state index in [1.54, 1.807) is 17.0 Å². The molecule has 9 heteroatoms. The van der Waals surface area contributed by atoms with E-state index in [-0.39, 0.29) is 35.7 Å². The lowest BCUT2D eigenvalue weighted by Crippen LogP contribution is -2.62. The number of amides is 2. The van der Waals surface area contributed by atoms with Gasteiger partial charge in [-0.3, -0.25) is 14.5 Å². The number of nitrogens with zero attached hydrogens (tertiary/aromatic N) is 3. The Morgan fingerprint density at radius 1 is 1.23 bits per heavy atom.